The Morgan fingerprint density at radius 2 is 2.33 bits per heavy atom. The summed E-state index contributed by atoms with van der Waals surface area (Å²) in [5.74, 6) is 0.0285. The lowest BCUT2D eigenvalue weighted by molar-refractivity contribution is 0.0932. The molecule has 0 saturated heterocycles. The summed E-state index contributed by atoms with van der Waals surface area (Å²) in [5, 5.41) is 15.3. The number of ether oxygens (including phenoxy) is 2. The monoisotopic (exact) mass is 170 g/mol. The topological polar surface area (TPSA) is 66.1 Å². The molecule has 0 amide bonds. The smallest absolute Gasteiger partial charge is 0.194 e. The number of nitriles is 1. The number of hydrogen-bond acceptors (Lipinski definition) is 4. The molecule has 0 rings (SSSR count). The maximum atomic E-state index is 8.20. The van der Waals surface area contributed by atoms with Crippen LogP contribution < -0.4 is 0 Å². The van der Waals surface area contributed by atoms with E-state index in [1.807, 2.05) is 13.0 Å². The third-order valence-corrected chi connectivity index (χ3v) is 1.44. The average Bonchev–Trinajstić information content (AvgIpc) is 2.04. The summed E-state index contributed by atoms with van der Waals surface area (Å²) < 4.78 is 9.91. The van der Waals surface area contributed by atoms with Crippen molar-refractivity contribution < 1.29 is 9.47 Å². The maximum Gasteiger partial charge on any atom is 0.194 e. The van der Waals surface area contributed by atoms with E-state index in [0.717, 1.165) is 6.42 Å². The largest absolute Gasteiger partial charge is 0.480 e. The highest BCUT2D eigenvalue weighted by Gasteiger charge is 2.00. The number of hydrogen-bond donors (Lipinski definition) is 1. The molecule has 0 fully saturated rings. The molecule has 0 aromatic heterocycles. The van der Waals surface area contributed by atoms with Crippen molar-refractivity contribution in [2.75, 3.05) is 13.7 Å². The first kappa shape index (κ1) is 10.9. The number of nitrogens with one attached hydrogen (secondary N) is 1. The number of nitrogens with zero attached hydrogens (tertiary/aromatic N) is 1. The summed E-state index contributed by atoms with van der Waals surface area (Å²) in [4.78, 5) is 0. The minimum atomic E-state index is 0.0285. The Morgan fingerprint density at radius 3 is 2.83 bits per heavy atom. The third kappa shape index (κ3) is 5.69. The molecule has 0 aliphatic rings. The molecule has 0 aliphatic heterocycles. The Bertz CT molecular complexity index is 174. The normalized spacial score (nSPS) is 11.8. The van der Waals surface area contributed by atoms with Crippen molar-refractivity contribution in [2.45, 2.75) is 25.9 Å². The third-order valence-electron chi connectivity index (χ3n) is 1.44. The molecule has 4 heteroatoms. The van der Waals surface area contributed by atoms with Gasteiger partial charge in [-0.15, -0.1) is 0 Å². The Balaban J connectivity index is 3.32. The lowest BCUT2D eigenvalue weighted by Crippen LogP contribution is -2.11. The molecule has 0 aliphatic carbocycles. The van der Waals surface area contributed by atoms with Gasteiger partial charge < -0.3 is 9.47 Å². The molecule has 68 valence electrons. The molecule has 12 heavy (non-hydrogen) atoms. The molecular formula is C8H14N2O2. The number of rotatable bonds is 5. The van der Waals surface area contributed by atoms with Crippen molar-refractivity contribution in [3.63, 3.8) is 0 Å². The fourth-order valence-corrected chi connectivity index (χ4v) is 0.589. The zero-order valence-corrected chi connectivity index (χ0v) is 7.46. The molecule has 0 radical (unpaired) electrons. The van der Waals surface area contributed by atoms with E-state index in [9.17, 15) is 0 Å². The highest BCUT2D eigenvalue weighted by atomic mass is 16.5. The Morgan fingerprint density at radius 1 is 1.67 bits per heavy atom. The van der Waals surface area contributed by atoms with Gasteiger partial charge in [-0.05, 0) is 6.92 Å². The zero-order valence-electron chi connectivity index (χ0n) is 7.46. The SMILES string of the molecule is COC(C)CCOC(=N)CC#N. The van der Waals surface area contributed by atoms with Crippen LogP contribution in [0.2, 0.25) is 0 Å². The molecule has 0 aromatic carbocycles. The summed E-state index contributed by atoms with van der Waals surface area (Å²) >= 11 is 0. The van der Waals surface area contributed by atoms with Gasteiger partial charge in [-0.2, -0.15) is 5.26 Å². The van der Waals surface area contributed by atoms with Gasteiger partial charge in [0, 0.05) is 13.5 Å². The van der Waals surface area contributed by atoms with Gasteiger partial charge in [-0.25, -0.2) is 0 Å². The van der Waals surface area contributed by atoms with E-state index in [1.54, 1.807) is 7.11 Å². The predicted molar refractivity (Wildman–Crippen MR) is 45.0 cm³/mol. The highest BCUT2D eigenvalue weighted by molar-refractivity contribution is 5.74. The minimum Gasteiger partial charge on any atom is -0.480 e. The summed E-state index contributed by atoms with van der Waals surface area (Å²) in [5.41, 5.74) is 0. The van der Waals surface area contributed by atoms with Crippen LogP contribution in [0.1, 0.15) is 19.8 Å². The zero-order chi connectivity index (χ0) is 9.40. The first-order valence-corrected chi connectivity index (χ1v) is 3.80. The van der Waals surface area contributed by atoms with E-state index in [1.165, 1.54) is 0 Å². The second-order valence-corrected chi connectivity index (χ2v) is 2.44. The quantitative estimate of drug-likeness (QED) is 0.499. The van der Waals surface area contributed by atoms with Crippen LogP contribution in [0.5, 0.6) is 0 Å². The van der Waals surface area contributed by atoms with Crippen molar-refractivity contribution in [2.24, 2.45) is 0 Å². The summed E-state index contributed by atoms with van der Waals surface area (Å²) in [6.07, 6.45) is 0.922. The van der Waals surface area contributed by atoms with Crippen LogP contribution in [0.3, 0.4) is 0 Å². The first-order chi connectivity index (χ1) is 5.70. The molecule has 0 spiro atoms. The molecule has 1 unspecified atom stereocenters. The first-order valence-electron chi connectivity index (χ1n) is 3.80. The van der Waals surface area contributed by atoms with Crippen molar-refractivity contribution in [3.05, 3.63) is 0 Å². The molecule has 0 saturated carbocycles. The van der Waals surface area contributed by atoms with Gasteiger partial charge >= 0.3 is 0 Å². The number of methoxy groups -OCH3 is 1. The summed E-state index contributed by atoms with van der Waals surface area (Å²) in [6.45, 7) is 2.37. The van der Waals surface area contributed by atoms with E-state index in [2.05, 4.69) is 0 Å². The minimum absolute atomic E-state index is 0.0285. The Kier molecular flexibility index (Phi) is 6.02. The molecule has 0 aromatic rings. The van der Waals surface area contributed by atoms with Crippen molar-refractivity contribution >= 4 is 5.90 Å². The van der Waals surface area contributed by atoms with Crippen molar-refractivity contribution in [1.29, 1.82) is 10.7 Å². The fraction of sp³-hybridized carbons (Fsp3) is 0.750. The Labute approximate surface area is 72.6 Å². The van der Waals surface area contributed by atoms with Crippen LogP contribution in [0.25, 0.3) is 0 Å². The average molecular weight is 170 g/mol. The van der Waals surface area contributed by atoms with Crippen molar-refractivity contribution in [3.8, 4) is 6.07 Å². The molecule has 1 N–H and O–H groups in total. The molecule has 0 heterocycles. The van der Waals surface area contributed by atoms with Crippen LogP contribution in [-0.2, 0) is 9.47 Å². The maximum absolute atomic E-state index is 8.20. The van der Waals surface area contributed by atoms with E-state index in [4.69, 9.17) is 20.1 Å². The van der Waals surface area contributed by atoms with Crippen LogP contribution in [0, 0.1) is 16.7 Å². The molecule has 4 nitrogen and oxygen atoms in total. The van der Waals surface area contributed by atoms with Crippen molar-refractivity contribution in [1.82, 2.24) is 0 Å². The van der Waals surface area contributed by atoms with Gasteiger partial charge in [-0.1, -0.05) is 0 Å². The fourth-order valence-electron chi connectivity index (χ4n) is 0.589. The molecule has 1 atom stereocenters. The lowest BCUT2D eigenvalue weighted by atomic mass is 10.3. The second-order valence-electron chi connectivity index (χ2n) is 2.44. The van der Waals surface area contributed by atoms with E-state index < -0.39 is 0 Å². The van der Waals surface area contributed by atoms with Crippen LogP contribution in [0.4, 0.5) is 0 Å². The van der Waals surface area contributed by atoms with Gasteiger partial charge in [0.25, 0.3) is 0 Å². The van der Waals surface area contributed by atoms with Gasteiger partial charge in [-0.3, -0.25) is 5.41 Å². The van der Waals surface area contributed by atoms with Crippen LogP contribution in [-0.4, -0.2) is 25.7 Å². The lowest BCUT2D eigenvalue weighted by Gasteiger charge is -2.09. The predicted octanol–water partition coefficient (Wildman–Crippen LogP) is 1.32. The second kappa shape index (κ2) is 6.62. The standard InChI is InChI=1S/C8H14N2O2/c1-7(11-2)4-6-12-8(10)3-5-9/h7,10H,3-4,6H2,1-2H3. The van der Waals surface area contributed by atoms with Crippen LogP contribution in [0.15, 0.2) is 0 Å². The Hall–Kier alpha value is -1.08. The highest BCUT2D eigenvalue weighted by Crippen LogP contribution is 1.96. The van der Waals surface area contributed by atoms with Gasteiger partial charge in [0.15, 0.2) is 5.90 Å². The van der Waals surface area contributed by atoms with Crippen LogP contribution >= 0.6 is 0 Å². The van der Waals surface area contributed by atoms with Gasteiger partial charge in [0.2, 0.25) is 0 Å². The summed E-state index contributed by atoms with van der Waals surface area (Å²) in [7, 11) is 1.63. The van der Waals surface area contributed by atoms with Gasteiger partial charge in [0.05, 0.1) is 18.8 Å². The van der Waals surface area contributed by atoms with E-state index >= 15 is 0 Å². The molecule has 0 bridgehead atoms. The summed E-state index contributed by atoms with van der Waals surface area (Å²) in [6, 6.07) is 1.84. The van der Waals surface area contributed by atoms with Gasteiger partial charge in [0.1, 0.15) is 6.42 Å². The van der Waals surface area contributed by atoms with E-state index in [-0.39, 0.29) is 18.4 Å². The van der Waals surface area contributed by atoms with E-state index in [0.29, 0.717) is 6.61 Å². The molecular weight excluding hydrogens is 156 g/mol.